The van der Waals surface area contributed by atoms with Crippen molar-refractivity contribution in [2.75, 3.05) is 19.9 Å². The summed E-state index contributed by atoms with van der Waals surface area (Å²) in [4.78, 5) is 14.5. The Morgan fingerprint density at radius 1 is 1.35 bits per heavy atom. The van der Waals surface area contributed by atoms with E-state index in [0.29, 0.717) is 19.9 Å². The summed E-state index contributed by atoms with van der Waals surface area (Å²) >= 11 is 1.67. The lowest BCUT2D eigenvalue weighted by atomic mass is 10.1. The van der Waals surface area contributed by atoms with E-state index in [9.17, 15) is 4.79 Å². The molecule has 0 radical (unpaired) electrons. The van der Waals surface area contributed by atoms with Crippen molar-refractivity contribution in [1.82, 2.24) is 5.32 Å². The Balaban J connectivity index is 1.56. The Morgan fingerprint density at radius 2 is 2.25 bits per heavy atom. The van der Waals surface area contributed by atoms with Crippen LogP contribution >= 0.6 is 11.3 Å². The van der Waals surface area contributed by atoms with Gasteiger partial charge in [0.05, 0.1) is 17.6 Å². The highest BCUT2D eigenvalue weighted by molar-refractivity contribution is 7.14. The lowest BCUT2D eigenvalue weighted by Gasteiger charge is -2.22. The number of aryl methyl sites for hydroxylation is 2. The Bertz CT molecular complexity index is 442. The van der Waals surface area contributed by atoms with Crippen LogP contribution in [0.2, 0.25) is 0 Å². The minimum Gasteiger partial charge on any atom is -0.355 e. The van der Waals surface area contributed by atoms with Crippen LogP contribution in [-0.4, -0.2) is 32.0 Å². The van der Waals surface area contributed by atoms with Crippen LogP contribution in [0.4, 0.5) is 0 Å². The van der Waals surface area contributed by atoms with Crippen LogP contribution in [-0.2, 0) is 22.3 Å². The number of nitrogens with one attached hydrogen (secondary N) is 1. The minimum atomic E-state index is 0.0400. The van der Waals surface area contributed by atoms with E-state index < -0.39 is 0 Å². The number of hydrogen-bond acceptors (Lipinski definition) is 4. The fourth-order valence-corrected chi connectivity index (χ4v) is 3.91. The summed E-state index contributed by atoms with van der Waals surface area (Å²) < 4.78 is 10.6. The van der Waals surface area contributed by atoms with E-state index in [1.165, 1.54) is 29.7 Å². The first-order valence-electron chi connectivity index (χ1n) is 7.42. The third-order valence-corrected chi connectivity index (χ3v) is 5.17. The van der Waals surface area contributed by atoms with Crippen molar-refractivity contribution in [3.05, 3.63) is 21.4 Å². The average Bonchev–Trinajstić information content (AvgIpc) is 2.77. The second kappa shape index (κ2) is 6.70. The summed E-state index contributed by atoms with van der Waals surface area (Å²) in [5, 5.41) is 2.98. The Morgan fingerprint density at radius 3 is 3.10 bits per heavy atom. The molecule has 0 spiro atoms. The van der Waals surface area contributed by atoms with Crippen molar-refractivity contribution in [1.29, 1.82) is 0 Å². The van der Waals surface area contributed by atoms with E-state index in [4.69, 9.17) is 9.47 Å². The van der Waals surface area contributed by atoms with Crippen LogP contribution in [0.1, 0.15) is 45.8 Å². The van der Waals surface area contributed by atoms with Crippen LogP contribution in [0.3, 0.4) is 0 Å². The van der Waals surface area contributed by atoms with Gasteiger partial charge in [-0.05, 0) is 43.7 Å². The van der Waals surface area contributed by atoms with Crippen molar-refractivity contribution < 1.29 is 14.3 Å². The highest BCUT2D eigenvalue weighted by atomic mass is 32.1. The molecular weight excluding hydrogens is 274 g/mol. The third-order valence-electron chi connectivity index (χ3n) is 3.93. The highest BCUT2D eigenvalue weighted by Gasteiger charge is 2.19. The molecule has 20 heavy (non-hydrogen) atoms. The molecule has 1 aliphatic carbocycles. The van der Waals surface area contributed by atoms with Crippen LogP contribution in [0.15, 0.2) is 6.07 Å². The number of carbonyl (C=O) groups is 1. The van der Waals surface area contributed by atoms with E-state index in [0.717, 1.165) is 24.1 Å². The lowest BCUT2D eigenvalue weighted by Crippen LogP contribution is -2.36. The molecule has 1 aromatic heterocycles. The smallest absolute Gasteiger partial charge is 0.261 e. The van der Waals surface area contributed by atoms with Gasteiger partial charge in [-0.25, -0.2) is 0 Å². The molecule has 110 valence electrons. The largest absolute Gasteiger partial charge is 0.355 e. The fourth-order valence-electron chi connectivity index (χ4n) is 2.74. The molecule has 0 aromatic carbocycles. The Hall–Kier alpha value is -0.910. The van der Waals surface area contributed by atoms with E-state index in [2.05, 4.69) is 11.4 Å². The minimum absolute atomic E-state index is 0.0400. The zero-order valence-corrected chi connectivity index (χ0v) is 12.5. The van der Waals surface area contributed by atoms with Gasteiger partial charge in [-0.1, -0.05) is 6.42 Å². The first-order chi connectivity index (χ1) is 9.83. The molecule has 1 amide bonds. The van der Waals surface area contributed by atoms with Gasteiger partial charge in [-0.15, -0.1) is 11.3 Å². The van der Waals surface area contributed by atoms with E-state index >= 15 is 0 Å². The maximum Gasteiger partial charge on any atom is 0.261 e. The lowest BCUT2D eigenvalue weighted by molar-refractivity contribution is -0.136. The Kier molecular flexibility index (Phi) is 4.70. The number of amides is 1. The van der Waals surface area contributed by atoms with E-state index in [1.54, 1.807) is 11.3 Å². The van der Waals surface area contributed by atoms with Gasteiger partial charge >= 0.3 is 0 Å². The zero-order valence-electron chi connectivity index (χ0n) is 11.7. The predicted octanol–water partition coefficient (Wildman–Crippen LogP) is 2.51. The maximum atomic E-state index is 12.2. The van der Waals surface area contributed by atoms with Gasteiger partial charge in [0, 0.05) is 11.4 Å². The Labute approximate surface area is 123 Å². The molecule has 3 rings (SSSR count). The van der Waals surface area contributed by atoms with Crippen molar-refractivity contribution in [3.63, 3.8) is 0 Å². The van der Waals surface area contributed by atoms with Crippen LogP contribution < -0.4 is 5.32 Å². The summed E-state index contributed by atoms with van der Waals surface area (Å²) in [6.45, 7) is 1.63. The van der Waals surface area contributed by atoms with Crippen molar-refractivity contribution in [3.8, 4) is 0 Å². The molecule has 1 aliphatic heterocycles. The van der Waals surface area contributed by atoms with Gasteiger partial charge in [0.2, 0.25) is 0 Å². The summed E-state index contributed by atoms with van der Waals surface area (Å²) in [5.74, 6) is 0.0400. The fraction of sp³-hybridized carbons (Fsp3) is 0.667. The quantitative estimate of drug-likeness (QED) is 0.872. The second-order valence-electron chi connectivity index (χ2n) is 5.43. The molecule has 1 N–H and O–H groups in total. The second-order valence-corrected chi connectivity index (χ2v) is 6.57. The topological polar surface area (TPSA) is 47.6 Å². The van der Waals surface area contributed by atoms with Crippen molar-refractivity contribution >= 4 is 17.2 Å². The number of ether oxygens (including phenoxy) is 2. The third kappa shape index (κ3) is 3.40. The number of rotatable bonds is 3. The standard InChI is InChI=1S/C15H21NO3S/c17-15(16-9-12-6-7-18-10-19-12)14-8-11-4-2-1-3-5-13(11)20-14/h8,12H,1-7,9-10H2,(H,16,17). The van der Waals surface area contributed by atoms with E-state index in [1.807, 2.05) is 0 Å². The first-order valence-corrected chi connectivity index (χ1v) is 8.24. The SMILES string of the molecule is O=C(NCC1CCOCO1)c1cc2c(s1)CCCCC2. The van der Waals surface area contributed by atoms with Gasteiger partial charge in [-0.2, -0.15) is 0 Å². The van der Waals surface area contributed by atoms with Gasteiger partial charge < -0.3 is 14.8 Å². The molecule has 2 aliphatic rings. The molecule has 1 fully saturated rings. The molecule has 4 nitrogen and oxygen atoms in total. The predicted molar refractivity (Wildman–Crippen MR) is 78.2 cm³/mol. The first kappa shape index (κ1) is 14.0. The summed E-state index contributed by atoms with van der Waals surface area (Å²) in [6.07, 6.45) is 7.01. The monoisotopic (exact) mass is 295 g/mol. The van der Waals surface area contributed by atoms with Gasteiger partial charge in [0.25, 0.3) is 5.91 Å². The van der Waals surface area contributed by atoms with Crippen LogP contribution in [0, 0.1) is 0 Å². The highest BCUT2D eigenvalue weighted by Crippen LogP contribution is 2.28. The van der Waals surface area contributed by atoms with Gasteiger partial charge in [0.15, 0.2) is 0 Å². The van der Waals surface area contributed by atoms with Gasteiger partial charge in [-0.3, -0.25) is 4.79 Å². The number of carbonyl (C=O) groups excluding carboxylic acids is 1. The molecule has 1 unspecified atom stereocenters. The van der Waals surface area contributed by atoms with Crippen molar-refractivity contribution in [2.45, 2.75) is 44.6 Å². The van der Waals surface area contributed by atoms with E-state index in [-0.39, 0.29) is 12.0 Å². The molecule has 0 saturated carbocycles. The molecule has 5 heteroatoms. The number of thiophene rings is 1. The zero-order chi connectivity index (χ0) is 13.8. The van der Waals surface area contributed by atoms with Crippen LogP contribution in [0.25, 0.3) is 0 Å². The summed E-state index contributed by atoms with van der Waals surface area (Å²) in [5.41, 5.74) is 1.39. The molecule has 1 saturated heterocycles. The number of fused-ring (bicyclic) bond motifs is 1. The molecule has 1 atom stereocenters. The van der Waals surface area contributed by atoms with Crippen molar-refractivity contribution in [2.24, 2.45) is 0 Å². The normalized spacial score (nSPS) is 22.9. The molecule has 1 aromatic rings. The van der Waals surface area contributed by atoms with Gasteiger partial charge in [0.1, 0.15) is 6.79 Å². The molecular formula is C15H21NO3S. The summed E-state index contributed by atoms with van der Waals surface area (Å²) in [6, 6.07) is 2.09. The average molecular weight is 295 g/mol. The molecule has 0 bridgehead atoms. The van der Waals surface area contributed by atoms with Crippen LogP contribution in [0.5, 0.6) is 0 Å². The summed E-state index contributed by atoms with van der Waals surface area (Å²) in [7, 11) is 0. The molecule has 2 heterocycles. The number of hydrogen-bond donors (Lipinski definition) is 1. The maximum absolute atomic E-state index is 12.2.